The Kier molecular flexibility index (Phi) is 2.79. The van der Waals surface area contributed by atoms with Crippen molar-refractivity contribution >= 4 is 34.5 Å². The maximum atomic E-state index is 5.72. The minimum atomic E-state index is 0.300. The van der Waals surface area contributed by atoms with Crippen molar-refractivity contribution in [1.29, 1.82) is 0 Å². The second-order valence-corrected chi connectivity index (χ2v) is 4.04. The van der Waals surface area contributed by atoms with Crippen molar-refractivity contribution in [2.24, 2.45) is 5.10 Å². The molecule has 1 heterocycles. The first-order valence-corrected chi connectivity index (χ1v) is 5.15. The zero-order chi connectivity index (χ0) is 9.97. The molecule has 2 rings (SSSR count). The van der Waals surface area contributed by atoms with E-state index in [0.29, 0.717) is 4.45 Å². The second kappa shape index (κ2) is 4.07. The molecule has 0 fully saturated rings. The summed E-state index contributed by atoms with van der Waals surface area (Å²) in [7, 11) is 0. The van der Waals surface area contributed by atoms with Gasteiger partial charge in [-0.05, 0) is 29.8 Å². The first-order chi connectivity index (χ1) is 6.77. The monoisotopic (exact) mass is 224 g/mol. The van der Waals surface area contributed by atoms with Crippen LogP contribution in [0.1, 0.15) is 11.1 Å². The van der Waals surface area contributed by atoms with Gasteiger partial charge < -0.3 is 0 Å². The Morgan fingerprint density at radius 1 is 1.43 bits per heavy atom. The molecule has 4 heteroatoms. The lowest BCUT2D eigenvalue weighted by Gasteiger charge is -2.12. The van der Waals surface area contributed by atoms with Gasteiger partial charge in [0.1, 0.15) is 0 Å². The zero-order valence-corrected chi connectivity index (χ0v) is 9.05. The molecule has 0 aliphatic carbocycles. The maximum absolute atomic E-state index is 5.72. The molecular formula is C10H9ClN2S. The van der Waals surface area contributed by atoms with E-state index < -0.39 is 0 Å². The predicted molar refractivity (Wildman–Crippen MR) is 62.9 cm³/mol. The molecule has 1 aliphatic rings. The molecule has 1 aliphatic heterocycles. The van der Waals surface area contributed by atoms with Crippen molar-refractivity contribution < 1.29 is 0 Å². The molecule has 14 heavy (non-hydrogen) atoms. The number of rotatable bonds is 0. The summed E-state index contributed by atoms with van der Waals surface area (Å²) in [6, 6.07) is 8.17. The molecule has 72 valence electrons. The van der Waals surface area contributed by atoms with Gasteiger partial charge >= 0.3 is 0 Å². The van der Waals surface area contributed by atoms with Crippen LogP contribution < -0.4 is 0 Å². The molecule has 0 aromatic heterocycles. The van der Waals surface area contributed by atoms with Crippen LogP contribution in [0.3, 0.4) is 0 Å². The SMILES string of the molecule is S=C(Cl)N1CCc2ccccc2C=N1. The van der Waals surface area contributed by atoms with Crippen LogP contribution in [-0.4, -0.2) is 22.2 Å². The van der Waals surface area contributed by atoms with Crippen molar-refractivity contribution in [2.75, 3.05) is 6.54 Å². The lowest BCUT2D eigenvalue weighted by atomic mass is 10.1. The van der Waals surface area contributed by atoms with Crippen LogP contribution in [-0.2, 0) is 6.42 Å². The molecule has 0 saturated heterocycles. The molecule has 1 aromatic carbocycles. The first-order valence-electron chi connectivity index (χ1n) is 4.36. The third-order valence-electron chi connectivity index (χ3n) is 2.19. The Morgan fingerprint density at radius 3 is 3.00 bits per heavy atom. The maximum Gasteiger partial charge on any atom is 0.190 e. The highest BCUT2D eigenvalue weighted by atomic mass is 35.5. The van der Waals surface area contributed by atoms with Gasteiger partial charge in [-0.1, -0.05) is 35.9 Å². The normalized spacial score (nSPS) is 14.8. The lowest BCUT2D eigenvalue weighted by Crippen LogP contribution is -2.21. The molecule has 0 spiro atoms. The molecule has 0 N–H and O–H groups in total. The third-order valence-corrected chi connectivity index (χ3v) is 2.59. The van der Waals surface area contributed by atoms with Crippen LogP contribution in [0.4, 0.5) is 0 Å². The van der Waals surface area contributed by atoms with Crippen molar-refractivity contribution in [3.8, 4) is 0 Å². The highest BCUT2D eigenvalue weighted by molar-refractivity contribution is 7.83. The number of fused-ring (bicyclic) bond motifs is 1. The topological polar surface area (TPSA) is 15.6 Å². The summed E-state index contributed by atoms with van der Waals surface area (Å²) in [6.45, 7) is 0.746. The molecule has 0 unspecified atom stereocenters. The van der Waals surface area contributed by atoms with Crippen molar-refractivity contribution in [1.82, 2.24) is 5.01 Å². The van der Waals surface area contributed by atoms with Crippen LogP contribution in [0.25, 0.3) is 0 Å². The van der Waals surface area contributed by atoms with Gasteiger partial charge in [0.2, 0.25) is 0 Å². The Hall–Kier alpha value is -0.930. The molecule has 1 aromatic rings. The van der Waals surface area contributed by atoms with Gasteiger partial charge in [-0.25, -0.2) is 5.01 Å². The molecular weight excluding hydrogens is 216 g/mol. The highest BCUT2D eigenvalue weighted by Crippen LogP contribution is 2.13. The van der Waals surface area contributed by atoms with E-state index in [1.54, 1.807) is 11.2 Å². The molecule has 0 atom stereocenters. The highest BCUT2D eigenvalue weighted by Gasteiger charge is 2.10. The number of nitrogens with zero attached hydrogens (tertiary/aromatic N) is 2. The minimum absolute atomic E-state index is 0.300. The number of hydrogen-bond donors (Lipinski definition) is 0. The van der Waals surface area contributed by atoms with Crippen LogP contribution in [0.2, 0.25) is 0 Å². The summed E-state index contributed by atoms with van der Waals surface area (Å²) < 4.78 is 0.300. The molecule has 2 nitrogen and oxygen atoms in total. The largest absolute Gasteiger partial charge is 0.244 e. The van der Waals surface area contributed by atoms with Crippen molar-refractivity contribution in [3.05, 3.63) is 35.4 Å². The van der Waals surface area contributed by atoms with Gasteiger partial charge in [-0.3, -0.25) is 0 Å². The second-order valence-electron chi connectivity index (χ2n) is 3.07. The minimum Gasteiger partial charge on any atom is -0.244 e. The van der Waals surface area contributed by atoms with E-state index in [1.807, 2.05) is 18.2 Å². The summed E-state index contributed by atoms with van der Waals surface area (Å²) in [6.07, 6.45) is 2.72. The summed E-state index contributed by atoms with van der Waals surface area (Å²) in [4.78, 5) is 0. The van der Waals surface area contributed by atoms with Gasteiger partial charge in [-0.2, -0.15) is 5.10 Å². The molecule has 0 radical (unpaired) electrons. The number of halogens is 1. The van der Waals surface area contributed by atoms with Crippen molar-refractivity contribution in [3.63, 3.8) is 0 Å². The lowest BCUT2D eigenvalue weighted by molar-refractivity contribution is 0.470. The van der Waals surface area contributed by atoms with Crippen LogP contribution in [0.15, 0.2) is 29.4 Å². The van der Waals surface area contributed by atoms with Crippen LogP contribution in [0.5, 0.6) is 0 Å². The Morgan fingerprint density at radius 2 is 2.21 bits per heavy atom. The quantitative estimate of drug-likeness (QED) is 0.382. The fourth-order valence-electron chi connectivity index (χ4n) is 1.44. The number of hydrazone groups is 1. The first kappa shape index (κ1) is 9.62. The summed E-state index contributed by atoms with van der Waals surface area (Å²) in [5.74, 6) is 0. The fourth-order valence-corrected chi connectivity index (χ4v) is 1.70. The summed E-state index contributed by atoms with van der Waals surface area (Å²) in [5.41, 5.74) is 2.43. The number of thiocarbonyl (C=S) groups is 1. The standard InChI is InChI=1S/C10H9ClN2S/c11-10(14)13-6-5-8-3-1-2-4-9(8)7-12-13/h1-4,7H,5-6H2. The fraction of sp³-hybridized carbons (Fsp3) is 0.200. The van der Waals surface area contributed by atoms with Crippen LogP contribution >= 0.6 is 23.8 Å². The molecule has 0 saturated carbocycles. The summed E-state index contributed by atoms with van der Waals surface area (Å²) >= 11 is 10.6. The van der Waals surface area contributed by atoms with E-state index in [-0.39, 0.29) is 0 Å². The smallest absolute Gasteiger partial charge is 0.190 e. The zero-order valence-electron chi connectivity index (χ0n) is 7.48. The summed E-state index contributed by atoms with van der Waals surface area (Å²) in [5, 5.41) is 5.84. The van der Waals surface area contributed by atoms with Gasteiger partial charge in [0.05, 0.1) is 6.21 Å². The predicted octanol–water partition coefficient (Wildman–Crippen LogP) is 2.40. The Labute approximate surface area is 93.2 Å². The molecule has 0 bridgehead atoms. The Balaban J connectivity index is 2.29. The number of hydrogen-bond acceptors (Lipinski definition) is 2. The molecule has 0 amide bonds. The van der Waals surface area contributed by atoms with Gasteiger partial charge in [0.15, 0.2) is 4.45 Å². The van der Waals surface area contributed by atoms with E-state index in [1.165, 1.54) is 5.56 Å². The third kappa shape index (κ3) is 1.94. The van der Waals surface area contributed by atoms with Gasteiger partial charge in [0, 0.05) is 6.54 Å². The average Bonchev–Trinajstić information content (AvgIpc) is 2.39. The Bertz CT molecular complexity index is 389. The van der Waals surface area contributed by atoms with Gasteiger partial charge in [0.25, 0.3) is 0 Å². The van der Waals surface area contributed by atoms with E-state index in [2.05, 4.69) is 11.2 Å². The van der Waals surface area contributed by atoms with Gasteiger partial charge in [-0.15, -0.1) is 0 Å². The van der Waals surface area contributed by atoms with Crippen LogP contribution in [0, 0.1) is 0 Å². The van der Waals surface area contributed by atoms with E-state index >= 15 is 0 Å². The van der Waals surface area contributed by atoms with E-state index in [9.17, 15) is 0 Å². The van der Waals surface area contributed by atoms with E-state index in [4.69, 9.17) is 23.8 Å². The van der Waals surface area contributed by atoms with Crippen molar-refractivity contribution in [2.45, 2.75) is 6.42 Å². The van der Waals surface area contributed by atoms with E-state index in [0.717, 1.165) is 18.5 Å². The number of benzene rings is 1. The average molecular weight is 225 g/mol.